The smallest absolute Gasteiger partial charge is 0.321 e. The molecule has 1 aliphatic heterocycles. The van der Waals surface area contributed by atoms with E-state index in [1.807, 2.05) is 42.5 Å². The lowest BCUT2D eigenvalue weighted by molar-refractivity contribution is -0.139. The van der Waals surface area contributed by atoms with Crippen molar-refractivity contribution in [3.8, 4) is 22.6 Å². The molecule has 38 heavy (non-hydrogen) atoms. The number of rotatable bonds is 11. The molecule has 1 aliphatic rings. The Kier molecular flexibility index (Phi) is 8.39. The SMILES string of the molecule is COc1cccc(OC)c1-c1ccc(C[C@H](NCC2(S(=O)(=O)c3cn(C)cn3)CCCNC2)C(=O)O)cc1. The molecule has 2 aromatic carbocycles. The van der Waals surface area contributed by atoms with Crippen molar-refractivity contribution in [3.63, 3.8) is 0 Å². The van der Waals surface area contributed by atoms with E-state index in [1.54, 1.807) is 25.8 Å². The number of benzene rings is 2. The van der Waals surface area contributed by atoms with Gasteiger partial charge in [0.1, 0.15) is 22.3 Å². The van der Waals surface area contributed by atoms with Crippen LogP contribution in [-0.2, 0) is 28.1 Å². The number of hydrogen-bond acceptors (Lipinski definition) is 8. The van der Waals surface area contributed by atoms with Gasteiger partial charge < -0.3 is 29.8 Å². The summed E-state index contributed by atoms with van der Waals surface area (Å²) in [5.74, 6) is 0.292. The maximum absolute atomic E-state index is 13.6. The van der Waals surface area contributed by atoms with Crippen LogP contribution in [0.1, 0.15) is 18.4 Å². The zero-order valence-electron chi connectivity index (χ0n) is 21.8. The Morgan fingerprint density at radius 1 is 1.18 bits per heavy atom. The maximum atomic E-state index is 13.6. The average Bonchev–Trinajstić information content (AvgIpc) is 3.38. The van der Waals surface area contributed by atoms with Crippen molar-refractivity contribution < 1.29 is 27.8 Å². The minimum atomic E-state index is -3.82. The lowest BCUT2D eigenvalue weighted by Gasteiger charge is -2.37. The number of carboxylic acids is 1. The molecular weight excluding hydrogens is 508 g/mol. The number of aliphatic carboxylic acids is 1. The van der Waals surface area contributed by atoms with Crippen molar-refractivity contribution in [1.82, 2.24) is 20.2 Å². The third-order valence-electron chi connectivity index (χ3n) is 7.04. The van der Waals surface area contributed by atoms with E-state index < -0.39 is 26.6 Å². The Bertz CT molecular complexity index is 1340. The van der Waals surface area contributed by atoms with Gasteiger partial charge in [0.25, 0.3) is 0 Å². The molecule has 1 aromatic heterocycles. The normalized spacial score (nSPS) is 18.6. The Morgan fingerprint density at radius 2 is 1.87 bits per heavy atom. The number of aromatic nitrogens is 2. The second-order valence-corrected chi connectivity index (χ2v) is 11.8. The third-order valence-corrected chi connectivity index (χ3v) is 9.43. The topological polar surface area (TPSA) is 132 Å². The van der Waals surface area contributed by atoms with Crippen LogP contribution in [0, 0.1) is 0 Å². The van der Waals surface area contributed by atoms with Gasteiger partial charge in [-0.05, 0) is 49.1 Å². The van der Waals surface area contributed by atoms with E-state index in [1.165, 1.54) is 12.5 Å². The second kappa shape index (κ2) is 11.5. The molecule has 3 N–H and O–H groups in total. The van der Waals surface area contributed by atoms with E-state index >= 15 is 0 Å². The summed E-state index contributed by atoms with van der Waals surface area (Å²) in [4.78, 5) is 16.3. The molecule has 0 aliphatic carbocycles. The van der Waals surface area contributed by atoms with E-state index in [0.29, 0.717) is 30.9 Å². The van der Waals surface area contributed by atoms with Crippen LogP contribution in [0.3, 0.4) is 0 Å². The van der Waals surface area contributed by atoms with Crippen molar-refractivity contribution >= 4 is 15.8 Å². The Labute approximate surface area is 222 Å². The summed E-state index contributed by atoms with van der Waals surface area (Å²) >= 11 is 0. The number of nitrogens with one attached hydrogen (secondary N) is 2. The number of sulfone groups is 1. The zero-order chi connectivity index (χ0) is 27.3. The molecule has 11 heteroatoms. The first-order chi connectivity index (χ1) is 18.2. The zero-order valence-corrected chi connectivity index (χ0v) is 22.6. The summed E-state index contributed by atoms with van der Waals surface area (Å²) in [5.41, 5.74) is 2.48. The fourth-order valence-electron chi connectivity index (χ4n) is 4.90. The molecule has 10 nitrogen and oxygen atoms in total. The first kappa shape index (κ1) is 27.6. The van der Waals surface area contributed by atoms with Gasteiger partial charge in [-0.15, -0.1) is 0 Å². The van der Waals surface area contributed by atoms with Crippen LogP contribution < -0.4 is 20.1 Å². The molecule has 0 radical (unpaired) electrons. The quantitative estimate of drug-likeness (QED) is 0.334. The molecule has 2 atom stereocenters. The predicted octanol–water partition coefficient (Wildman–Crippen LogP) is 2.29. The van der Waals surface area contributed by atoms with Gasteiger partial charge in [-0.25, -0.2) is 13.4 Å². The lowest BCUT2D eigenvalue weighted by atomic mass is 9.96. The minimum Gasteiger partial charge on any atom is -0.496 e. The van der Waals surface area contributed by atoms with Gasteiger partial charge in [0.15, 0.2) is 5.03 Å². The number of ether oxygens (including phenoxy) is 2. The summed E-state index contributed by atoms with van der Waals surface area (Å²) in [6.45, 7) is 0.929. The maximum Gasteiger partial charge on any atom is 0.321 e. The number of carbonyl (C=O) groups is 1. The van der Waals surface area contributed by atoms with E-state index in [9.17, 15) is 18.3 Å². The molecule has 0 amide bonds. The Hall–Kier alpha value is -3.41. The van der Waals surface area contributed by atoms with E-state index in [4.69, 9.17) is 9.47 Å². The molecule has 1 unspecified atom stereocenters. The molecule has 0 bridgehead atoms. The molecule has 4 rings (SSSR count). The van der Waals surface area contributed by atoms with Crippen LogP contribution in [0.25, 0.3) is 11.1 Å². The van der Waals surface area contributed by atoms with Gasteiger partial charge in [-0.1, -0.05) is 30.3 Å². The average molecular weight is 543 g/mol. The van der Waals surface area contributed by atoms with Crippen LogP contribution in [0.4, 0.5) is 0 Å². The molecule has 3 aromatic rings. The molecule has 2 heterocycles. The van der Waals surface area contributed by atoms with Crippen molar-refractivity contribution in [2.24, 2.45) is 7.05 Å². The van der Waals surface area contributed by atoms with Crippen LogP contribution >= 0.6 is 0 Å². The van der Waals surface area contributed by atoms with Gasteiger partial charge in [-0.2, -0.15) is 0 Å². The number of aryl methyl sites for hydroxylation is 1. The van der Waals surface area contributed by atoms with Crippen molar-refractivity contribution in [1.29, 1.82) is 0 Å². The largest absolute Gasteiger partial charge is 0.496 e. The third kappa shape index (κ3) is 5.54. The van der Waals surface area contributed by atoms with Gasteiger partial charge in [0.2, 0.25) is 9.84 Å². The van der Waals surface area contributed by atoms with Crippen LogP contribution in [0.2, 0.25) is 0 Å². The Morgan fingerprint density at radius 3 is 2.39 bits per heavy atom. The monoisotopic (exact) mass is 542 g/mol. The first-order valence-electron chi connectivity index (χ1n) is 12.4. The van der Waals surface area contributed by atoms with Gasteiger partial charge in [0, 0.05) is 26.3 Å². The Balaban J connectivity index is 1.54. The summed E-state index contributed by atoms with van der Waals surface area (Å²) in [6, 6.07) is 12.1. The minimum absolute atomic E-state index is 0.000248. The number of methoxy groups -OCH3 is 2. The molecule has 1 saturated heterocycles. The fourth-order valence-corrected chi connectivity index (χ4v) is 6.81. The summed E-state index contributed by atoms with van der Waals surface area (Å²) in [5, 5.41) is 16.2. The van der Waals surface area contributed by atoms with Gasteiger partial charge >= 0.3 is 5.97 Å². The van der Waals surface area contributed by atoms with E-state index in [-0.39, 0.29) is 24.5 Å². The highest BCUT2D eigenvalue weighted by atomic mass is 32.2. The standard InChI is InChI=1S/C27H34N4O6S/c1-31-15-24(30-18-31)38(34,35)27(12-5-13-28-16-27)17-29-21(26(32)33)14-19-8-10-20(11-9-19)25-22(36-2)6-4-7-23(25)37-3/h4,6-11,15,18,21,28-29H,5,12-14,16-17H2,1-3H3,(H,32,33)/t21-,27?/m0/s1. The number of carboxylic acid groups (broad SMARTS) is 1. The molecule has 0 saturated carbocycles. The highest BCUT2D eigenvalue weighted by Crippen LogP contribution is 2.38. The van der Waals surface area contributed by atoms with Crippen molar-refractivity contribution in [2.75, 3.05) is 33.9 Å². The lowest BCUT2D eigenvalue weighted by Crippen LogP contribution is -2.59. The molecule has 204 valence electrons. The van der Waals surface area contributed by atoms with Crippen LogP contribution in [-0.4, -0.2) is 73.7 Å². The fraction of sp³-hybridized carbons (Fsp3) is 0.407. The highest BCUT2D eigenvalue weighted by Gasteiger charge is 2.47. The van der Waals surface area contributed by atoms with Crippen LogP contribution in [0.5, 0.6) is 11.5 Å². The second-order valence-electron chi connectivity index (χ2n) is 9.55. The van der Waals surface area contributed by atoms with E-state index in [0.717, 1.165) is 16.7 Å². The van der Waals surface area contributed by atoms with Crippen LogP contribution in [0.15, 0.2) is 60.0 Å². The summed E-state index contributed by atoms with van der Waals surface area (Å²) in [6.07, 6.45) is 4.20. The highest BCUT2D eigenvalue weighted by molar-refractivity contribution is 7.92. The molecular formula is C27H34N4O6S. The molecule has 0 spiro atoms. The molecule has 1 fully saturated rings. The summed E-state index contributed by atoms with van der Waals surface area (Å²) < 4.78 is 38.6. The number of piperidine rings is 1. The first-order valence-corrected chi connectivity index (χ1v) is 13.9. The van der Waals surface area contributed by atoms with Crippen molar-refractivity contribution in [2.45, 2.75) is 35.1 Å². The summed E-state index contributed by atoms with van der Waals surface area (Å²) in [7, 11) is 1.09. The van der Waals surface area contributed by atoms with Crippen molar-refractivity contribution in [3.05, 3.63) is 60.6 Å². The van der Waals surface area contributed by atoms with Gasteiger partial charge in [-0.3, -0.25) is 4.79 Å². The predicted molar refractivity (Wildman–Crippen MR) is 143 cm³/mol. The van der Waals surface area contributed by atoms with E-state index in [2.05, 4.69) is 15.6 Å². The number of nitrogens with zero attached hydrogens (tertiary/aromatic N) is 2. The number of imidazole rings is 1. The number of hydrogen-bond donors (Lipinski definition) is 3. The van der Waals surface area contributed by atoms with Gasteiger partial charge in [0.05, 0.1) is 26.1 Å².